The van der Waals surface area contributed by atoms with Crippen LogP contribution < -0.4 is 0 Å². The summed E-state index contributed by atoms with van der Waals surface area (Å²) in [7, 11) is 0. The van der Waals surface area contributed by atoms with E-state index in [4.69, 9.17) is 4.74 Å². The van der Waals surface area contributed by atoms with E-state index in [-0.39, 0.29) is 25.9 Å². The fraction of sp³-hybridized carbons (Fsp3) is 0.450. The van der Waals surface area contributed by atoms with E-state index in [9.17, 15) is 19.1 Å². The Hall–Kier alpha value is -2.62. The fourth-order valence-electron chi connectivity index (χ4n) is 3.99. The van der Waals surface area contributed by atoms with Crippen LogP contribution in [0.1, 0.15) is 39.2 Å². The predicted octanol–water partition coefficient (Wildman–Crippen LogP) is 4.07. The first-order chi connectivity index (χ1) is 14.0. The number of ether oxygens (including phenoxy) is 1. The average molecular weight is 481 g/mol. The predicted molar refractivity (Wildman–Crippen MR) is 111 cm³/mol. The van der Waals surface area contributed by atoms with Gasteiger partial charge in [-0.05, 0) is 61.7 Å². The van der Waals surface area contributed by atoms with Crippen molar-refractivity contribution in [2.45, 2.75) is 44.6 Å². The number of benzene rings is 1. The van der Waals surface area contributed by atoms with Gasteiger partial charge in [0.2, 0.25) is 0 Å². The third-order valence-corrected chi connectivity index (χ3v) is 6.06. The van der Waals surface area contributed by atoms with E-state index >= 15 is 0 Å². The summed E-state index contributed by atoms with van der Waals surface area (Å²) in [6.07, 6.45) is 1.52. The summed E-state index contributed by atoms with van der Waals surface area (Å²) in [6.45, 7) is 5.86. The number of hydrogen-bond acceptors (Lipinski definition) is 4. The van der Waals surface area contributed by atoms with Crippen LogP contribution in [0.15, 0.2) is 22.8 Å². The first-order valence-electron chi connectivity index (χ1n) is 9.58. The second kappa shape index (κ2) is 6.97. The number of aromatic nitrogens is 3. The number of hydrogen-bond donors (Lipinski definition) is 2. The Morgan fingerprint density at radius 3 is 2.57 bits per heavy atom. The SMILES string of the molecule is CC(C)(C)OC(=O)N1CCC(C(=O)O)(c2cnn3c2[nH]c2cc(F)cc(Br)c23)CC1. The smallest absolute Gasteiger partial charge is 0.410 e. The number of piperidine rings is 1. The van der Waals surface area contributed by atoms with E-state index in [0.29, 0.717) is 26.7 Å². The number of nitrogens with zero attached hydrogens (tertiary/aromatic N) is 3. The van der Waals surface area contributed by atoms with Crippen LogP contribution in [-0.2, 0) is 14.9 Å². The molecule has 10 heteroatoms. The van der Waals surface area contributed by atoms with Gasteiger partial charge >= 0.3 is 12.1 Å². The van der Waals surface area contributed by atoms with Gasteiger partial charge in [0.15, 0.2) is 0 Å². The summed E-state index contributed by atoms with van der Waals surface area (Å²) >= 11 is 3.35. The van der Waals surface area contributed by atoms with Crippen LogP contribution in [-0.4, -0.2) is 55.4 Å². The van der Waals surface area contributed by atoms with Gasteiger partial charge in [0.05, 0.1) is 11.7 Å². The molecule has 0 unspecified atom stereocenters. The number of carboxylic acid groups (broad SMARTS) is 1. The van der Waals surface area contributed by atoms with Gasteiger partial charge in [0.1, 0.15) is 28.0 Å². The highest BCUT2D eigenvalue weighted by Crippen LogP contribution is 2.39. The second-order valence-electron chi connectivity index (χ2n) is 8.58. The first kappa shape index (κ1) is 20.6. The third kappa shape index (κ3) is 3.32. The number of halogens is 2. The van der Waals surface area contributed by atoms with E-state index in [1.54, 1.807) is 31.5 Å². The number of carbonyl (C=O) groups is 2. The van der Waals surface area contributed by atoms with Gasteiger partial charge in [-0.15, -0.1) is 0 Å². The summed E-state index contributed by atoms with van der Waals surface area (Å²) < 4.78 is 21.3. The van der Waals surface area contributed by atoms with Crippen molar-refractivity contribution in [3.8, 4) is 0 Å². The molecule has 2 N–H and O–H groups in total. The van der Waals surface area contributed by atoms with Crippen molar-refractivity contribution in [3.05, 3.63) is 34.2 Å². The minimum Gasteiger partial charge on any atom is -0.481 e. The van der Waals surface area contributed by atoms with E-state index < -0.39 is 28.9 Å². The molecule has 0 aliphatic carbocycles. The first-order valence-corrected chi connectivity index (χ1v) is 10.4. The Labute approximate surface area is 180 Å². The van der Waals surface area contributed by atoms with Crippen molar-refractivity contribution in [1.29, 1.82) is 0 Å². The van der Waals surface area contributed by atoms with Gasteiger partial charge < -0.3 is 19.7 Å². The molecule has 2 aromatic heterocycles. The maximum Gasteiger partial charge on any atom is 0.410 e. The molecule has 1 aliphatic heterocycles. The van der Waals surface area contributed by atoms with Gasteiger partial charge in [-0.1, -0.05) is 0 Å². The number of carbonyl (C=O) groups excluding carboxylic acids is 1. The molecule has 3 aromatic rings. The molecule has 0 radical (unpaired) electrons. The van der Waals surface area contributed by atoms with Crippen LogP contribution in [0.3, 0.4) is 0 Å². The normalized spacial score (nSPS) is 16.9. The molecule has 3 heterocycles. The number of likely N-dealkylation sites (tertiary alicyclic amines) is 1. The number of carboxylic acids is 1. The highest BCUT2D eigenvalue weighted by Gasteiger charge is 2.46. The second-order valence-corrected chi connectivity index (χ2v) is 9.44. The molecule has 0 saturated carbocycles. The molecular weight excluding hydrogens is 459 g/mol. The standard InChI is InChI=1S/C20H22BrFN4O4/c1-19(2,3)30-18(29)25-6-4-20(5-7-25,17(27)28)12-10-23-26-15-13(21)8-11(22)9-14(15)24-16(12)26/h8-10,24H,4-7H2,1-3H3,(H,27,28). The van der Waals surface area contributed by atoms with Gasteiger partial charge in [0.25, 0.3) is 0 Å². The average Bonchev–Trinajstić information content (AvgIpc) is 3.18. The summed E-state index contributed by atoms with van der Waals surface area (Å²) in [5.41, 5.74) is 0.324. The van der Waals surface area contributed by atoms with Crippen molar-refractivity contribution >= 4 is 44.7 Å². The lowest BCUT2D eigenvalue weighted by Gasteiger charge is -2.38. The summed E-state index contributed by atoms with van der Waals surface area (Å²) in [6, 6.07) is 2.68. The topological polar surface area (TPSA) is 99.9 Å². The highest BCUT2D eigenvalue weighted by molar-refractivity contribution is 9.10. The number of aliphatic carboxylic acids is 1. The van der Waals surface area contributed by atoms with Crippen LogP contribution >= 0.6 is 15.9 Å². The minimum absolute atomic E-state index is 0.216. The fourth-order valence-corrected chi connectivity index (χ4v) is 4.59. The monoisotopic (exact) mass is 480 g/mol. The van der Waals surface area contributed by atoms with Crippen LogP contribution in [0.5, 0.6) is 0 Å². The minimum atomic E-state index is -1.22. The molecule has 1 aromatic carbocycles. The zero-order valence-corrected chi connectivity index (χ0v) is 18.4. The van der Waals surface area contributed by atoms with Crippen molar-refractivity contribution in [1.82, 2.24) is 19.5 Å². The number of amides is 1. The van der Waals surface area contributed by atoms with Crippen molar-refractivity contribution in [3.63, 3.8) is 0 Å². The van der Waals surface area contributed by atoms with Crippen molar-refractivity contribution in [2.75, 3.05) is 13.1 Å². The largest absolute Gasteiger partial charge is 0.481 e. The summed E-state index contributed by atoms with van der Waals surface area (Å²) in [5.74, 6) is -1.40. The summed E-state index contributed by atoms with van der Waals surface area (Å²) in [4.78, 5) is 29.4. The van der Waals surface area contributed by atoms with Crippen LogP contribution in [0.4, 0.5) is 9.18 Å². The Kier molecular flexibility index (Phi) is 4.80. The number of aromatic amines is 1. The molecule has 30 heavy (non-hydrogen) atoms. The van der Waals surface area contributed by atoms with E-state index in [1.807, 2.05) is 0 Å². The van der Waals surface area contributed by atoms with Gasteiger partial charge in [-0.2, -0.15) is 5.10 Å². The molecule has 1 aliphatic rings. The maximum atomic E-state index is 13.8. The van der Waals surface area contributed by atoms with Crippen molar-refractivity contribution < 1.29 is 23.8 Å². The Balaban J connectivity index is 1.71. The van der Waals surface area contributed by atoms with E-state index in [1.165, 1.54) is 17.0 Å². The lowest BCUT2D eigenvalue weighted by atomic mass is 9.73. The number of fused-ring (bicyclic) bond motifs is 3. The highest BCUT2D eigenvalue weighted by atomic mass is 79.9. The van der Waals surface area contributed by atoms with Gasteiger partial charge in [0, 0.05) is 23.1 Å². The van der Waals surface area contributed by atoms with Crippen LogP contribution in [0.2, 0.25) is 0 Å². The molecule has 0 bridgehead atoms. The molecule has 1 amide bonds. The maximum absolute atomic E-state index is 13.8. The van der Waals surface area contributed by atoms with Crippen molar-refractivity contribution in [2.24, 2.45) is 0 Å². The van der Waals surface area contributed by atoms with E-state index in [0.717, 1.165) is 0 Å². The zero-order chi connectivity index (χ0) is 21.8. The quantitative estimate of drug-likeness (QED) is 0.575. The molecule has 1 fully saturated rings. The number of nitrogens with one attached hydrogen (secondary N) is 1. The number of imidazole rings is 1. The Bertz CT molecular complexity index is 1160. The van der Waals surface area contributed by atoms with Crippen LogP contribution in [0.25, 0.3) is 16.7 Å². The molecule has 0 atom stereocenters. The van der Waals surface area contributed by atoms with Gasteiger partial charge in [-0.25, -0.2) is 13.7 Å². The van der Waals surface area contributed by atoms with Gasteiger partial charge in [-0.3, -0.25) is 4.79 Å². The molecule has 0 spiro atoms. The summed E-state index contributed by atoms with van der Waals surface area (Å²) in [5, 5.41) is 14.5. The molecule has 160 valence electrons. The van der Waals surface area contributed by atoms with Crippen LogP contribution in [0, 0.1) is 5.82 Å². The Morgan fingerprint density at radius 1 is 1.30 bits per heavy atom. The van der Waals surface area contributed by atoms with E-state index in [2.05, 4.69) is 26.0 Å². The molecule has 8 nitrogen and oxygen atoms in total. The third-order valence-electron chi connectivity index (χ3n) is 5.46. The molecule has 4 rings (SSSR count). The lowest BCUT2D eigenvalue weighted by Crippen LogP contribution is -2.50. The zero-order valence-electron chi connectivity index (χ0n) is 16.8. The Morgan fingerprint density at radius 2 is 1.97 bits per heavy atom. The molecule has 1 saturated heterocycles. The molecular formula is C20H22BrFN4O4. The number of H-pyrrole nitrogens is 1. The lowest BCUT2D eigenvalue weighted by molar-refractivity contribution is -0.145. The number of rotatable bonds is 2.